The molecule has 1 aliphatic heterocycles. The zero-order valence-electron chi connectivity index (χ0n) is 14.8. The minimum atomic E-state index is 0. The molecule has 0 amide bonds. The van der Waals surface area contributed by atoms with Crippen molar-refractivity contribution in [1.29, 1.82) is 0 Å². The lowest BCUT2D eigenvalue weighted by Gasteiger charge is -2.36. The van der Waals surface area contributed by atoms with Gasteiger partial charge in [0.2, 0.25) is 0 Å². The van der Waals surface area contributed by atoms with Gasteiger partial charge in [-0.05, 0) is 24.1 Å². The predicted molar refractivity (Wildman–Crippen MR) is 113 cm³/mol. The van der Waals surface area contributed by atoms with E-state index in [9.17, 15) is 5.11 Å². The van der Waals surface area contributed by atoms with E-state index >= 15 is 0 Å². The van der Waals surface area contributed by atoms with Crippen LogP contribution in [0.2, 0.25) is 0 Å². The number of thioether (sulfide) groups is 1. The summed E-state index contributed by atoms with van der Waals surface area (Å²) in [6, 6.07) is 5.26. The molecule has 1 aromatic rings. The van der Waals surface area contributed by atoms with Crippen molar-refractivity contribution in [3.8, 4) is 11.5 Å². The van der Waals surface area contributed by atoms with Gasteiger partial charge in [0.25, 0.3) is 0 Å². The van der Waals surface area contributed by atoms with Crippen molar-refractivity contribution >= 4 is 41.7 Å². The van der Waals surface area contributed by atoms with Crippen LogP contribution in [-0.2, 0) is 6.54 Å². The summed E-state index contributed by atoms with van der Waals surface area (Å²) < 4.78 is 5.22. The summed E-state index contributed by atoms with van der Waals surface area (Å²) in [7, 11) is 3.43. The molecule has 1 saturated heterocycles. The van der Waals surface area contributed by atoms with Gasteiger partial charge in [0.1, 0.15) is 11.5 Å². The van der Waals surface area contributed by atoms with Crippen LogP contribution in [0.5, 0.6) is 11.5 Å². The maximum atomic E-state index is 9.99. The summed E-state index contributed by atoms with van der Waals surface area (Å²) in [5.74, 6) is 3.67. The second-order valence-corrected chi connectivity index (χ2v) is 7.34. The van der Waals surface area contributed by atoms with Crippen LogP contribution in [0.1, 0.15) is 19.4 Å². The van der Waals surface area contributed by atoms with Crippen molar-refractivity contribution in [3.63, 3.8) is 0 Å². The highest BCUT2D eigenvalue weighted by molar-refractivity contribution is 14.0. The van der Waals surface area contributed by atoms with Crippen molar-refractivity contribution in [2.75, 3.05) is 33.0 Å². The first kappa shape index (κ1) is 21.2. The fraction of sp³-hybridized carbons (Fsp3) is 0.588. The van der Waals surface area contributed by atoms with Crippen molar-refractivity contribution in [2.45, 2.75) is 25.6 Å². The maximum Gasteiger partial charge on any atom is 0.193 e. The summed E-state index contributed by atoms with van der Waals surface area (Å²) in [5, 5.41) is 14.0. The number of hydrogen-bond acceptors (Lipinski definition) is 4. The molecule has 1 heterocycles. The molecule has 1 aliphatic rings. The van der Waals surface area contributed by atoms with Gasteiger partial charge >= 0.3 is 0 Å². The number of benzene rings is 1. The number of ether oxygens (including phenoxy) is 1. The fourth-order valence-electron chi connectivity index (χ4n) is 2.61. The Bertz CT molecular complexity index is 555. The first-order valence-corrected chi connectivity index (χ1v) is 9.03. The van der Waals surface area contributed by atoms with Crippen LogP contribution in [0.4, 0.5) is 0 Å². The predicted octanol–water partition coefficient (Wildman–Crippen LogP) is 3.17. The van der Waals surface area contributed by atoms with Gasteiger partial charge in [-0.2, -0.15) is 11.8 Å². The number of methoxy groups -OCH3 is 1. The van der Waals surface area contributed by atoms with Gasteiger partial charge in [0.05, 0.1) is 7.11 Å². The molecule has 2 N–H and O–H groups in total. The fourth-order valence-corrected chi connectivity index (χ4v) is 3.91. The third-order valence-corrected chi connectivity index (χ3v) is 5.61. The Kier molecular flexibility index (Phi) is 9.04. The largest absolute Gasteiger partial charge is 0.508 e. The molecule has 0 spiro atoms. The number of aliphatic imine (C=N–C) groups is 1. The highest BCUT2D eigenvalue weighted by atomic mass is 127. The number of phenolic OH excluding ortho intramolecular Hbond substituents is 1. The van der Waals surface area contributed by atoms with E-state index in [1.54, 1.807) is 26.3 Å². The molecule has 2 rings (SSSR count). The molecule has 136 valence electrons. The van der Waals surface area contributed by atoms with E-state index < -0.39 is 0 Å². The number of halogens is 1. The minimum Gasteiger partial charge on any atom is -0.508 e. The lowest BCUT2D eigenvalue weighted by atomic mass is 10.1. The lowest BCUT2D eigenvalue weighted by molar-refractivity contribution is 0.380. The lowest BCUT2D eigenvalue weighted by Crippen LogP contribution is -2.48. The summed E-state index contributed by atoms with van der Waals surface area (Å²) >= 11 is 2.04. The molecule has 5 nitrogen and oxygen atoms in total. The van der Waals surface area contributed by atoms with E-state index in [0.717, 1.165) is 36.1 Å². The Balaban J connectivity index is 0.00000288. The van der Waals surface area contributed by atoms with E-state index in [0.29, 0.717) is 17.7 Å². The van der Waals surface area contributed by atoms with Crippen molar-refractivity contribution < 1.29 is 9.84 Å². The SMILES string of the molecule is CN=C(NCc1cc(OC)ccc1O)N1CCSC(C(C)C)C1.I. The Morgan fingerprint density at radius 3 is 2.88 bits per heavy atom. The highest BCUT2D eigenvalue weighted by Crippen LogP contribution is 2.25. The molecule has 7 heteroatoms. The topological polar surface area (TPSA) is 57.1 Å². The number of nitrogens with one attached hydrogen (secondary N) is 1. The van der Waals surface area contributed by atoms with Crippen LogP contribution in [0, 0.1) is 5.92 Å². The first-order valence-electron chi connectivity index (χ1n) is 7.98. The monoisotopic (exact) mass is 465 g/mol. The molecular formula is C17H28IN3O2S. The molecule has 1 atom stereocenters. The highest BCUT2D eigenvalue weighted by Gasteiger charge is 2.24. The van der Waals surface area contributed by atoms with Crippen molar-refractivity contribution in [1.82, 2.24) is 10.2 Å². The summed E-state index contributed by atoms with van der Waals surface area (Å²) in [4.78, 5) is 6.71. The maximum absolute atomic E-state index is 9.99. The molecule has 0 aromatic heterocycles. The van der Waals surface area contributed by atoms with E-state index in [2.05, 4.69) is 29.1 Å². The van der Waals surface area contributed by atoms with E-state index in [1.807, 2.05) is 17.8 Å². The van der Waals surface area contributed by atoms with Crippen LogP contribution in [0.15, 0.2) is 23.2 Å². The Morgan fingerprint density at radius 2 is 2.25 bits per heavy atom. The molecule has 1 fully saturated rings. The second-order valence-electron chi connectivity index (χ2n) is 5.99. The van der Waals surface area contributed by atoms with Gasteiger partial charge in [-0.25, -0.2) is 0 Å². The Labute approximate surface area is 166 Å². The average Bonchev–Trinajstić information content (AvgIpc) is 2.57. The van der Waals surface area contributed by atoms with Crippen molar-refractivity contribution in [2.24, 2.45) is 10.9 Å². The molecule has 0 radical (unpaired) electrons. The molecular weight excluding hydrogens is 437 g/mol. The number of phenols is 1. The Morgan fingerprint density at radius 1 is 1.50 bits per heavy atom. The zero-order valence-corrected chi connectivity index (χ0v) is 17.9. The van der Waals surface area contributed by atoms with Crippen LogP contribution in [-0.4, -0.2) is 54.2 Å². The number of rotatable bonds is 4. The average molecular weight is 465 g/mol. The summed E-state index contributed by atoms with van der Waals surface area (Å²) in [5.41, 5.74) is 0.803. The minimum absolute atomic E-state index is 0. The smallest absolute Gasteiger partial charge is 0.193 e. The molecule has 1 unspecified atom stereocenters. The molecule has 24 heavy (non-hydrogen) atoms. The number of nitrogens with zero attached hydrogens (tertiary/aromatic N) is 2. The standard InChI is InChI=1S/C17H27N3O2S.HI/c1-12(2)16-11-20(7-8-23-16)17(18-3)19-10-13-9-14(22-4)5-6-15(13)21;/h5-6,9,12,16,21H,7-8,10-11H2,1-4H3,(H,18,19);1H. The van der Waals surface area contributed by atoms with Gasteiger partial charge in [-0.3, -0.25) is 4.99 Å². The van der Waals surface area contributed by atoms with Crippen LogP contribution in [0.3, 0.4) is 0 Å². The van der Waals surface area contributed by atoms with E-state index in [-0.39, 0.29) is 29.7 Å². The molecule has 0 saturated carbocycles. The normalized spacial score (nSPS) is 18.3. The van der Waals surface area contributed by atoms with Gasteiger partial charge < -0.3 is 20.1 Å². The van der Waals surface area contributed by atoms with Gasteiger partial charge in [-0.1, -0.05) is 13.8 Å². The number of guanidine groups is 1. The quantitative estimate of drug-likeness (QED) is 0.407. The molecule has 0 bridgehead atoms. The van der Waals surface area contributed by atoms with Crippen LogP contribution >= 0.6 is 35.7 Å². The molecule has 1 aromatic carbocycles. The number of hydrogen-bond donors (Lipinski definition) is 2. The van der Waals surface area contributed by atoms with Gasteiger partial charge in [0, 0.05) is 43.2 Å². The summed E-state index contributed by atoms with van der Waals surface area (Å²) in [6.45, 7) is 7.06. The third-order valence-electron chi connectivity index (χ3n) is 4.07. The number of aromatic hydroxyl groups is 1. The van der Waals surface area contributed by atoms with Crippen LogP contribution in [0.25, 0.3) is 0 Å². The van der Waals surface area contributed by atoms with Gasteiger partial charge in [0.15, 0.2) is 5.96 Å². The Hall–Kier alpha value is -0.830. The second kappa shape index (κ2) is 10.2. The van der Waals surface area contributed by atoms with Crippen LogP contribution < -0.4 is 10.1 Å². The van der Waals surface area contributed by atoms with E-state index in [1.165, 1.54) is 0 Å². The third kappa shape index (κ3) is 5.61. The molecule has 0 aliphatic carbocycles. The van der Waals surface area contributed by atoms with Crippen molar-refractivity contribution in [3.05, 3.63) is 23.8 Å². The zero-order chi connectivity index (χ0) is 16.8. The van der Waals surface area contributed by atoms with Gasteiger partial charge in [-0.15, -0.1) is 24.0 Å². The van der Waals surface area contributed by atoms with E-state index in [4.69, 9.17) is 4.74 Å². The first-order chi connectivity index (χ1) is 11.0. The summed E-state index contributed by atoms with van der Waals surface area (Å²) in [6.07, 6.45) is 0.